The Kier molecular flexibility index (Phi) is 3.21. The first-order valence-electron chi connectivity index (χ1n) is 6.54. The van der Waals surface area contributed by atoms with Gasteiger partial charge in [0.2, 0.25) is 0 Å². The number of benzene rings is 1. The predicted octanol–water partition coefficient (Wildman–Crippen LogP) is 2.43. The SMILES string of the molecule is COc1cc(C)cc(OC)c1-c1cc(C)nn2cnnc12. The molecule has 0 atom stereocenters. The smallest absolute Gasteiger partial charge is 0.185 e. The molecule has 2 heterocycles. The Balaban J connectivity index is 2.39. The number of aryl methyl sites for hydroxylation is 2. The lowest BCUT2D eigenvalue weighted by Gasteiger charge is -2.15. The largest absolute Gasteiger partial charge is 0.496 e. The van der Waals surface area contributed by atoms with Gasteiger partial charge in [-0.25, -0.2) is 0 Å². The van der Waals surface area contributed by atoms with Gasteiger partial charge < -0.3 is 9.47 Å². The predicted molar refractivity (Wildman–Crippen MR) is 78.8 cm³/mol. The van der Waals surface area contributed by atoms with Gasteiger partial charge in [-0.2, -0.15) is 9.61 Å². The van der Waals surface area contributed by atoms with Crippen LogP contribution in [0.5, 0.6) is 11.5 Å². The average Bonchev–Trinajstić information content (AvgIpc) is 2.93. The van der Waals surface area contributed by atoms with Crippen LogP contribution in [-0.2, 0) is 0 Å². The zero-order chi connectivity index (χ0) is 15.0. The zero-order valence-corrected chi connectivity index (χ0v) is 12.4. The van der Waals surface area contributed by atoms with E-state index in [1.54, 1.807) is 25.1 Å². The van der Waals surface area contributed by atoms with Crippen LogP contribution in [0, 0.1) is 13.8 Å². The van der Waals surface area contributed by atoms with E-state index in [2.05, 4.69) is 15.3 Å². The van der Waals surface area contributed by atoms with Gasteiger partial charge in [-0.05, 0) is 37.6 Å². The van der Waals surface area contributed by atoms with Crippen LogP contribution in [-0.4, -0.2) is 34.0 Å². The van der Waals surface area contributed by atoms with Crippen LogP contribution in [0.4, 0.5) is 0 Å². The molecule has 0 aliphatic carbocycles. The van der Waals surface area contributed by atoms with Crippen molar-refractivity contribution in [3.63, 3.8) is 0 Å². The molecule has 6 nitrogen and oxygen atoms in total. The summed E-state index contributed by atoms with van der Waals surface area (Å²) in [6.45, 7) is 3.93. The van der Waals surface area contributed by atoms with E-state index in [0.717, 1.165) is 33.9 Å². The molecule has 0 radical (unpaired) electrons. The summed E-state index contributed by atoms with van der Waals surface area (Å²) in [6, 6.07) is 5.90. The van der Waals surface area contributed by atoms with E-state index in [0.29, 0.717) is 5.65 Å². The van der Waals surface area contributed by atoms with Crippen LogP contribution >= 0.6 is 0 Å². The number of hydrogen-bond acceptors (Lipinski definition) is 5. The zero-order valence-electron chi connectivity index (χ0n) is 12.4. The van der Waals surface area contributed by atoms with Crippen molar-refractivity contribution in [2.45, 2.75) is 13.8 Å². The highest BCUT2D eigenvalue weighted by Crippen LogP contribution is 2.40. The van der Waals surface area contributed by atoms with Gasteiger partial charge in [0.1, 0.15) is 17.8 Å². The van der Waals surface area contributed by atoms with Crippen LogP contribution in [0.3, 0.4) is 0 Å². The van der Waals surface area contributed by atoms with Gasteiger partial charge in [-0.1, -0.05) is 0 Å². The number of rotatable bonds is 3. The Bertz CT molecular complexity index is 786. The fourth-order valence-corrected chi connectivity index (χ4v) is 2.45. The normalized spacial score (nSPS) is 10.9. The molecule has 0 bridgehead atoms. The minimum atomic E-state index is 0.668. The first-order valence-corrected chi connectivity index (χ1v) is 6.54. The molecule has 0 aliphatic heterocycles. The quantitative estimate of drug-likeness (QED) is 0.739. The molecule has 0 unspecified atom stereocenters. The number of methoxy groups -OCH3 is 2. The summed E-state index contributed by atoms with van der Waals surface area (Å²) in [5.74, 6) is 1.48. The molecule has 1 aromatic carbocycles. The van der Waals surface area contributed by atoms with Crippen molar-refractivity contribution in [2.24, 2.45) is 0 Å². The van der Waals surface area contributed by atoms with Crippen LogP contribution < -0.4 is 9.47 Å². The lowest BCUT2D eigenvalue weighted by atomic mass is 10.0. The van der Waals surface area contributed by atoms with Crippen molar-refractivity contribution in [3.05, 3.63) is 35.8 Å². The summed E-state index contributed by atoms with van der Waals surface area (Å²) in [5.41, 5.74) is 4.33. The third-order valence-corrected chi connectivity index (χ3v) is 3.31. The lowest BCUT2D eigenvalue weighted by Crippen LogP contribution is -2.00. The van der Waals surface area contributed by atoms with Crippen molar-refractivity contribution >= 4 is 5.65 Å². The Morgan fingerprint density at radius 3 is 2.29 bits per heavy atom. The highest BCUT2D eigenvalue weighted by Gasteiger charge is 2.18. The van der Waals surface area contributed by atoms with Gasteiger partial charge >= 0.3 is 0 Å². The average molecular weight is 284 g/mol. The topological polar surface area (TPSA) is 61.5 Å². The second-order valence-electron chi connectivity index (χ2n) is 4.84. The molecular formula is C15H16N4O2. The number of aromatic nitrogens is 4. The highest BCUT2D eigenvalue weighted by molar-refractivity contribution is 5.85. The molecule has 21 heavy (non-hydrogen) atoms. The van der Waals surface area contributed by atoms with E-state index in [1.807, 2.05) is 32.0 Å². The summed E-state index contributed by atoms with van der Waals surface area (Å²) in [6.07, 6.45) is 1.58. The Labute approximate surface area is 122 Å². The molecule has 0 saturated heterocycles. The molecule has 0 spiro atoms. The van der Waals surface area contributed by atoms with Gasteiger partial charge in [0.05, 0.1) is 25.5 Å². The van der Waals surface area contributed by atoms with Crippen LogP contribution in [0.25, 0.3) is 16.8 Å². The number of fused-ring (bicyclic) bond motifs is 1. The molecule has 0 amide bonds. The van der Waals surface area contributed by atoms with E-state index in [1.165, 1.54) is 0 Å². The number of hydrogen-bond donors (Lipinski definition) is 0. The summed E-state index contributed by atoms with van der Waals surface area (Å²) in [4.78, 5) is 0. The fourth-order valence-electron chi connectivity index (χ4n) is 2.45. The minimum absolute atomic E-state index is 0.668. The molecule has 108 valence electrons. The van der Waals surface area contributed by atoms with Gasteiger partial charge in [0.15, 0.2) is 5.65 Å². The minimum Gasteiger partial charge on any atom is -0.496 e. The molecule has 0 fully saturated rings. The molecule has 0 aliphatic rings. The molecule has 6 heteroatoms. The van der Waals surface area contributed by atoms with Crippen molar-refractivity contribution < 1.29 is 9.47 Å². The summed E-state index contributed by atoms with van der Waals surface area (Å²) < 4.78 is 12.7. The van der Waals surface area contributed by atoms with Crippen molar-refractivity contribution in [3.8, 4) is 22.6 Å². The summed E-state index contributed by atoms with van der Waals surface area (Å²) >= 11 is 0. The van der Waals surface area contributed by atoms with E-state index in [4.69, 9.17) is 9.47 Å². The third kappa shape index (κ3) is 2.18. The van der Waals surface area contributed by atoms with E-state index in [9.17, 15) is 0 Å². The number of nitrogens with zero attached hydrogens (tertiary/aromatic N) is 4. The van der Waals surface area contributed by atoms with Crippen molar-refractivity contribution in [1.29, 1.82) is 0 Å². The molecule has 0 saturated carbocycles. The van der Waals surface area contributed by atoms with Gasteiger partial charge in [0, 0.05) is 5.56 Å². The standard InChI is InChI=1S/C15H16N4O2/c1-9-5-12(20-3)14(13(6-9)21-4)11-7-10(2)18-19-8-16-17-15(11)19/h5-8H,1-4H3. The second kappa shape index (κ2) is 5.05. The number of ether oxygens (including phenoxy) is 2. The van der Waals surface area contributed by atoms with E-state index in [-0.39, 0.29) is 0 Å². The monoisotopic (exact) mass is 284 g/mol. The first-order chi connectivity index (χ1) is 10.1. The van der Waals surface area contributed by atoms with Crippen LogP contribution in [0.1, 0.15) is 11.3 Å². The molecular weight excluding hydrogens is 268 g/mol. The second-order valence-corrected chi connectivity index (χ2v) is 4.84. The first kappa shape index (κ1) is 13.4. The summed E-state index contributed by atoms with van der Waals surface area (Å²) in [5, 5.41) is 12.4. The third-order valence-electron chi connectivity index (χ3n) is 3.31. The maximum Gasteiger partial charge on any atom is 0.185 e. The van der Waals surface area contributed by atoms with Gasteiger partial charge in [-0.3, -0.25) is 0 Å². The summed E-state index contributed by atoms with van der Waals surface area (Å²) in [7, 11) is 3.29. The lowest BCUT2D eigenvalue weighted by molar-refractivity contribution is 0.397. The maximum atomic E-state index is 5.53. The van der Waals surface area contributed by atoms with Crippen LogP contribution in [0.15, 0.2) is 24.5 Å². The maximum absolute atomic E-state index is 5.53. The van der Waals surface area contributed by atoms with E-state index < -0.39 is 0 Å². The highest BCUT2D eigenvalue weighted by atomic mass is 16.5. The molecule has 3 aromatic rings. The molecule has 0 N–H and O–H groups in total. The Morgan fingerprint density at radius 2 is 1.67 bits per heavy atom. The van der Waals surface area contributed by atoms with E-state index >= 15 is 0 Å². The van der Waals surface area contributed by atoms with Crippen molar-refractivity contribution in [1.82, 2.24) is 19.8 Å². The Morgan fingerprint density at radius 1 is 1.00 bits per heavy atom. The fraction of sp³-hybridized carbons (Fsp3) is 0.267. The van der Waals surface area contributed by atoms with Crippen LogP contribution in [0.2, 0.25) is 0 Å². The van der Waals surface area contributed by atoms with Crippen molar-refractivity contribution in [2.75, 3.05) is 14.2 Å². The molecule has 3 rings (SSSR count). The van der Waals surface area contributed by atoms with Gasteiger partial charge in [0.25, 0.3) is 0 Å². The molecule has 2 aromatic heterocycles. The Hall–Kier alpha value is -2.63. The van der Waals surface area contributed by atoms with Gasteiger partial charge in [-0.15, -0.1) is 10.2 Å².